The van der Waals surface area contributed by atoms with Crippen molar-refractivity contribution < 1.29 is 8.42 Å². The van der Waals surface area contributed by atoms with Gasteiger partial charge in [-0.15, -0.1) is 11.8 Å². The third-order valence-electron chi connectivity index (χ3n) is 1.94. The molecule has 0 atom stereocenters. The van der Waals surface area contributed by atoms with E-state index in [9.17, 15) is 8.42 Å². The fourth-order valence-electron chi connectivity index (χ4n) is 1.05. The van der Waals surface area contributed by atoms with Crippen molar-refractivity contribution >= 4 is 27.4 Å². The summed E-state index contributed by atoms with van der Waals surface area (Å²) in [5.41, 5.74) is 6.51. The third-order valence-corrected chi connectivity index (χ3v) is 4.23. The van der Waals surface area contributed by atoms with Crippen LogP contribution in [0.2, 0.25) is 0 Å². The smallest absolute Gasteiger partial charge is 0.148 e. The van der Waals surface area contributed by atoms with Gasteiger partial charge in [-0.3, -0.25) is 0 Å². The molecule has 0 spiro atoms. The first kappa shape index (κ1) is 13.2. The summed E-state index contributed by atoms with van der Waals surface area (Å²) < 4.78 is 21.9. The summed E-state index contributed by atoms with van der Waals surface area (Å²) in [5, 5.41) is 0.758. The van der Waals surface area contributed by atoms with E-state index in [-0.39, 0.29) is 5.75 Å². The quantitative estimate of drug-likeness (QED) is 0.637. The summed E-state index contributed by atoms with van der Waals surface area (Å²) in [4.78, 5) is 8.26. The van der Waals surface area contributed by atoms with Crippen LogP contribution in [0.25, 0.3) is 0 Å². The van der Waals surface area contributed by atoms with Crippen molar-refractivity contribution in [2.75, 3.05) is 23.5 Å². The van der Waals surface area contributed by atoms with Crippen molar-refractivity contribution in [3.8, 4) is 0 Å². The van der Waals surface area contributed by atoms with Crippen LogP contribution in [0.3, 0.4) is 0 Å². The average Bonchev–Trinajstić information content (AvgIpc) is 2.11. The summed E-state index contributed by atoms with van der Waals surface area (Å²) in [6, 6.07) is 0. The van der Waals surface area contributed by atoms with Crippen LogP contribution in [0.5, 0.6) is 0 Å². The number of thioether (sulfide) groups is 1. The van der Waals surface area contributed by atoms with Gasteiger partial charge in [0.25, 0.3) is 0 Å². The Balaban J connectivity index is 2.75. The number of anilines is 1. The standard InChI is InChI=1S/C9H15N3O2S2/c1-6-8(10)11-7(2)12-9(6)15-4-5-16(3,13)14/h4-5H2,1-3H3,(H2,10,11,12). The lowest BCUT2D eigenvalue weighted by Gasteiger charge is -2.07. The Bertz CT molecular complexity index is 486. The van der Waals surface area contributed by atoms with Crippen molar-refractivity contribution in [3.63, 3.8) is 0 Å². The van der Waals surface area contributed by atoms with Gasteiger partial charge in [-0.2, -0.15) is 0 Å². The molecule has 0 aromatic carbocycles. The van der Waals surface area contributed by atoms with Crippen molar-refractivity contribution in [2.45, 2.75) is 18.9 Å². The number of aryl methyl sites for hydroxylation is 1. The van der Waals surface area contributed by atoms with E-state index in [1.165, 1.54) is 18.0 Å². The molecule has 0 aliphatic heterocycles. The first-order chi connectivity index (χ1) is 7.29. The molecule has 7 heteroatoms. The molecule has 0 amide bonds. The molecule has 1 aromatic heterocycles. The molecular formula is C9H15N3O2S2. The normalized spacial score (nSPS) is 11.7. The van der Waals surface area contributed by atoms with Gasteiger partial charge in [-0.25, -0.2) is 18.4 Å². The molecule has 0 aliphatic rings. The number of nitrogens with two attached hydrogens (primary N) is 1. The summed E-state index contributed by atoms with van der Waals surface area (Å²) in [6.45, 7) is 3.59. The van der Waals surface area contributed by atoms with E-state index in [0.717, 1.165) is 10.6 Å². The molecule has 0 saturated carbocycles. The molecule has 0 fully saturated rings. The van der Waals surface area contributed by atoms with Gasteiger partial charge in [0.2, 0.25) is 0 Å². The highest BCUT2D eigenvalue weighted by molar-refractivity contribution is 8.00. The Morgan fingerprint density at radius 3 is 2.50 bits per heavy atom. The van der Waals surface area contributed by atoms with E-state index >= 15 is 0 Å². The average molecular weight is 261 g/mol. The Morgan fingerprint density at radius 2 is 1.94 bits per heavy atom. The minimum absolute atomic E-state index is 0.139. The second kappa shape index (κ2) is 5.01. The Morgan fingerprint density at radius 1 is 1.31 bits per heavy atom. The van der Waals surface area contributed by atoms with Crippen LogP contribution in [-0.4, -0.2) is 36.1 Å². The molecule has 16 heavy (non-hydrogen) atoms. The molecule has 0 unspecified atom stereocenters. The SMILES string of the molecule is Cc1nc(N)c(C)c(SCCS(C)(=O)=O)n1. The Hall–Kier alpha value is -0.820. The third kappa shape index (κ3) is 3.97. The maximum Gasteiger partial charge on any atom is 0.148 e. The first-order valence-corrected chi connectivity index (χ1v) is 7.75. The van der Waals surface area contributed by atoms with Gasteiger partial charge in [-0.05, 0) is 13.8 Å². The van der Waals surface area contributed by atoms with Gasteiger partial charge in [0.05, 0.1) is 5.75 Å². The first-order valence-electron chi connectivity index (χ1n) is 4.71. The predicted molar refractivity (Wildman–Crippen MR) is 66.4 cm³/mol. The fraction of sp³-hybridized carbons (Fsp3) is 0.556. The van der Waals surface area contributed by atoms with E-state index in [1.54, 1.807) is 6.92 Å². The van der Waals surface area contributed by atoms with Crippen LogP contribution >= 0.6 is 11.8 Å². The largest absolute Gasteiger partial charge is 0.383 e. The van der Waals surface area contributed by atoms with Crippen LogP contribution in [0.1, 0.15) is 11.4 Å². The second-order valence-corrected chi connectivity index (χ2v) is 6.91. The van der Waals surface area contributed by atoms with Gasteiger partial charge < -0.3 is 5.73 Å². The lowest BCUT2D eigenvalue weighted by molar-refractivity contribution is 0.603. The Kier molecular flexibility index (Phi) is 4.15. The predicted octanol–water partition coefficient (Wildman–Crippen LogP) is 0.812. The molecule has 0 radical (unpaired) electrons. The number of hydrogen-bond donors (Lipinski definition) is 1. The summed E-state index contributed by atoms with van der Waals surface area (Å²) in [6.07, 6.45) is 1.22. The molecule has 0 aliphatic carbocycles. The van der Waals surface area contributed by atoms with E-state index in [2.05, 4.69) is 9.97 Å². The van der Waals surface area contributed by atoms with E-state index in [4.69, 9.17) is 5.73 Å². The van der Waals surface area contributed by atoms with Crippen LogP contribution in [0.4, 0.5) is 5.82 Å². The highest BCUT2D eigenvalue weighted by Gasteiger charge is 2.09. The van der Waals surface area contributed by atoms with Crippen molar-refractivity contribution in [1.82, 2.24) is 9.97 Å². The summed E-state index contributed by atoms with van der Waals surface area (Å²) in [7, 11) is -2.92. The maximum atomic E-state index is 11.0. The summed E-state index contributed by atoms with van der Waals surface area (Å²) >= 11 is 1.39. The highest BCUT2D eigenvalue weighted by atomic mass is 32.2. The molecular weight excluding hydrogens is 246 g/mol. The number of rotatable bonds is 4. The van der Waals surface area contributed by atoms with Gasteiger partial charge in [-0.1, -0.05) is 0 Å². The molecule has 5 nitrogen and oxygen atoms in total. The number of nitrogen functional groups attached to an aromatic ring is 1. The van der Waals surface area contributed by atoms with Gasteiger partial charge in [0.15, 0.2) is 0 Å². The molecule has 1 rings (SSSR count). The van der Waals surface area contributed by atoms with Crippen LogP contribution < -0.4 is 5.73 Å². The zero-order valence-electron chi connectivity index (χ0n) is 9.52. The minimum Gasteiger partial charge on any atom is -0.383 e. The van der Waals surface area contributed by atoms with Crippen molar-refractivity contribution in [3.05, 3.63) is 11.4 Å². The molecule has 0 bridgehead atoms. The number of aromatic nitrogens is 2. The van der Waals surface area contributed by atoms with Gasteiger partial charge in [0.1, 0.15) is 26.5 Å². The molecule has 1 aromatic rings. The van der Waals surface area contributed by atoms with Crippen molar-refractivity contribution in [2.24, 2.45) is 0 Å². The van der Waals surface area contributed by atoms with Crippen molar-refractivity contribution in [1.29, 1.82) is 0 Å². The molecule has 1 heterocycles. The fourth-order valence-corrected chi connectivity index (χ4v) is 3.31. The Labute approximate surface area is 99.8 Å². The monoisotopic (exact) mass is 261 g/mol. The topological polar surface area (TPSA) is 85.9 Å². The molecule has 2 N–H and O–H groups in total. The van der Waals surface area contributed by atoms with Crippen LogP contribution in [-0.2, 0) is 9.84 Å². The van der Waals surface area contributed by atoms with E-state index in [1.807, 2.05) is 6.92 Å². The van der Waals surface area contributed by atoms with E-state index < -0.39 is 9.84 Å². The maximum absolute atomic E-state index is 11.0. The van der Waals surface area contributed by atoms with Crippen LogP contribution in [0, 0.1) is 13.8 Å². The number of nitrogens with zero attached hydrogens (tertiary/aromatic N) is 2. The van der Waals surface area contributed by atoms with Gasteiger partial charge >= 0.3 is 0 Å². The zero-order chi connectivity index (χ0) is 12.3. The number of hydrogen-bond acceptors (Lipinski definition) is 6. The highest BCUT2D eigenvalue weighted by Crippen LogP contribution is 2.23. The number of sulfone groups is 1. The lowest BCUT2D eigenvalue weighted by atomic mass is 10.3. The molecule has 90 valence electrons. The van der Waals surface area contributed by atoms with Gasteiger partial charge in [0, 0.05) is 17.6 Å². The zero-order valence-corrected chi connectivity index (χ0v) is 11.2. The van der Waals surface area contributed by atoms with Crippen LogP contribution in [0.15, 0.2) is 5.03 Å². The second-order valence-electron chi connectivity index (χ2n) is 3.56. The van der Waals surface area contributed by atoms with E-state index in [0.29, 0.717) is 17.4 Å². The lowest BCUT2D eigenvalue weighted by Crippen LogP contribution is -2.06. The minimum atomic E-state index is -2.92. The molecule has 0 saturated heterocycles. The summed E-state index contributed by atoms with van der Waals surface area (Å²) in [5.74, 6) is 1.68.